The van der Waals surface area contributed by atoms with Crippen LogP contribution in [-0.2, 0) is 4.79 Å². The third kappa shape index (κ3) is 3.48. The van der Waals surface area contributed by atoms with Gasteiger partial charge < -0.3 is 15.3 Å². The zero-order valence-electron chi connectivity index (χ0n) is 12.2. The molecule has 0 bridgehead atoms. The molecule has 0 aromatic rings. The lowest BCUT2D eigenvalue weighted by Gasteiger charge is -2.38. The zero-order valence-corrected chi connectivity index (χ0v) is 12.2. The quantitative estimate of drug-likeness (QED) is 0.768. The van der Waals surface area contributed by atoms with Crippen LogP contribution in [0.5, 0.6) is 0 Å². The number of aliphatic hydroxyl groups is 1. The van der Waals surface area contributed by atoms with Crippen LogP contribution in [0.2, 0.25) is 0 Å². The molecule has 1 saturated carbocycles. The van der Waals surface area contributed by atoms with Gasteiger partial charge in [-0.2, -0.15) is 0 Å². The Morgan fingerprint density at radius 2 is 2.11 bits per heavy atom. The standard InChI is InChI=1S/C15H28N2O2/c1-2-9-16-13-6-10-17(14(13)19)11-15(12-18)7-4-3-5-8-15/h13,16,18H,2-12H2,1H3. The molecule has 4 heteroatoms. The van der Waals surface area contributed by atoms with Gasteiger partial charge >= 0.3 is 0 Å². The molecule has 2 aliphatic rings. The third-order valence-electron chi connectivity index (χ3n) is 4.71. The summed E-state index contributed by atoms with van der Waals surface area (Å²) in [7, 11) is 0. The normalized spacial score (nSPS) is 26.9. The molecule has 1 aliphatic carbocycles. The summed E-state index contributed by atoms with van der Waals surface area (Å²) in [5.41, 5.74) is -0.0203. The highest BCUT2D eigenvalue weighted by molar-refractivity contribution is 5.84. The molecular formula is C15H28N2O2. The predicted molar refractivity (Wildman–Crippen MR) is 75.9 cm³/mol. The maximum atomic E-state index is 12.3. The van der Waals surface area contributed by atoms with Crippen LogP contribution in [0.15, 0.2) is 0 Å². The van der Waals surface area contributed by atoms with Gasteiger partial charge in [0.25, 0.3) is 0 Å². The lowest BCUT2D eigenvalue weighted by molar-refractivity contribution is -0.131. The number of carbonyl (C=O) groups is 1. The monoisotopic (exact) mass is 268 g/mol. The molecule has 1 unspecified atom stereocenters. The summed E-state index contributed by atoms with van der Waals surface area (Å²) >= 11 is 0. The van der Waals surface area contributed by atoms with Crippen molar-refractivity contribution in [2.45, 2.75) is 57.9 Å². The fourth-order valence-corrected chi connectivity index (χ4v) is 3.48. The highest BCUT2D eigenvalue weighted by Crippen LogP contribution is 2.37. The minimum atomic E-state index is -0.0203. The number of hydrogen-bond acceptors (Lipinski definition) is 3. The predicted octanol–water partition coefficient (Wildman–Crippen LogP) is 1.53. The molecule has 1 saturated heterocycles. The van der Waals surface area contributed by atoms with Crippen molar-refractivity contribution in [3.63, 3.8) is 0 Å². The summed E-state index contributed by atoms with van der Waals surface area (Å²) in [6.45, 7) is 4.86. The first-order valence-corrected chi connectivity index (χ1v) is 7.84. The average Bonchev–Trinajstić information content (AvgIpc) is 2.78. The zero-order chi connectivity index (χ0) is 13.7. The van der Waals surface area contributed by atoms with Crippen molar-refractivity contribution < 1.29 is 9.90 Å². The van der Waals surface area contributed by atoms with Gasteiger partial charge in [0.15, 0.2) is 0 Å². The van der Waals surface area contributed by atoms with Gasteiger partial charge in [0, 0.05) is 18.5 Å². The second-order valence-corrected chi connectivity index (χ2v) is 6.27. The number of hydrogen-bond donors (Lipinski definition) is 2. The summed E-state index contributed by atoms with van der Waals surface area (Å²) in [6.07, 6.45) is 7.78. The highest BCUT2D eigenvalue weighted by Gasteiger charge is 2.38. The van der Waals surface area contributed by atoms with E-state index in [4.69, 9.17) is 0 Å². The van der Waals surface area contributed by atoms with Crippen molar-refractivity contribution in [2.24, 2.45) is 5.41 Å². The molecular weight excluding hydrogens is 240 g/mol. The first kappa shape index (κ1) is 14.8. The van der Waals surface area contributed by atoms with Gasteiger partial charge in [0.2, 0.25) is 5.91 Å². The second-order valence-electron chi connectivity index (χ2n) is 6.27. The van der Waals surface area contributed by atoms with Crippen LogP contribution in [0, 0.1) is 5.41 Å². The van der Waals surface area contributed by atoms with Crippen molar-refractivity contribution >= 4 is 5.91 Å². The largest absolute Gasteiger partial charge is 0.396 e. The SMILES string of the molecule is CCCNC1CCN(CC2(CO)CCCCC2)C1=O. The molecule has 19 heavy (non-hydrogen) atoms. The molecule has 2 rings (SSSR count). The summed E-state index contributed by atoms with van der Waals surface area (Å²) in [5, 5.41) is 13.1. The number of amides is 1. The van der Waals surface area contributed by atoms with E-state index >= 15 is 0 Å². The number of nitrogens with zero attached hydrogens (tertiary/aromatic N) is 1. The van der Waals surface area contributed by atoms with Crippen molar-refractivity contribution in [3.8, 4) is 0 Å². The molecule has 1 aliphatic heterocycles. The lowest BCUT2D eigenvalue weighted by Crippen LogP contribution is -2.45. The Morgan fingerprint density at radius 1 is 1.37 bits per heavy atom. The summed E-state index contributed by atoms with van der Waals surface area (Å²) in [4.78, 5) is 14.3. The molecule has 110 valence electrons. The number of rotatable bonds is 6. The van der Waals surface area contributed by atoms with Crippen LogP contribution in [0.25, 0.3) is 0 Å². The molecule has 1 heterocycles. The number of nitrogens with one attached hydrogen (secondary N) is 1. The Bertz CT molecular complexity index is 301. The minimum Gasteiger partial charge on any atom is -0.396 e. The third-order valence-corrected chi connectivity index (χ3v) is 4.71. The van der Waals surface area contributed by atoms with Gasteiger partial charge in [-0.15, -0.1) is 0 Å². The average molecular weight is 268 g/mol. The van der Waals surface area contributed by atoms with E-state index in [0.29, 0.717) is 0 Å². The van der Waals surface area contributed by atoms with Crippen molar-refractivity contribution in [1.82, 2.24) is 10.2 Å². The first-order chi connectivity index (χ1) is 9.21. The molecule has 4 nitrogen and oxygen atoms in total. The molecule has 0 aromatic carbocycles. The smallest absolute Gasteiger partial charge is 0.239 e. The van der Waals surface area contributed by atoms with E-state index in [1.807, 2.05) is 4.90 Å². The van der Waals surface area contributed by atoms with E-state index in [0.717, 1.165) is 45.3 Å². The van der Waals surface area contributed by atoms with Gasteiger partial charge in [-0.25, -0.2) is 0 Å². The number of aliphatic hydroxyl groups excluding tert-OH is 1. The maximum absolute atomic E-state index is 12.3. The highest BCUT2D eigenvalue weighted by atomic mass is 16.3. The lowest BCUT2D eigenvalue weighted by atomic mass is 9.74. The Kier molecular flexibility index (Phi) is 5.22. The summed E-state index contributed by atoms with van der Waals surface area (Å²) < 4.78 is 0. The van der Waals surface area contributed by atoms with Crippen LogP contribution in [0.4, 0.5) is 0 Å². The van der Waals surface area contributed by atoms with E-state index in [9.17, 15) is 9.90 Å². The second kappa shape index (κ2) is 6.71. The fourth-order valence-electron chi connectivity index (χ4n) is 3.48. The van der Waals surface area contributed by atoms with E-state index in [2.05, 4.69) is 12.2 Å². The number of carbonyl (C=O) groups excluding carboxylic acids is 1. The Morgan fingerprint density at radius 3 is 2.74 bits per heavy atom. The van der Waals surface area contributed by atoms with Crippen LogP contribution in [0.1, 0.15) is 51.9 Å². The topological polar surface area (TPSA) is 52.6 Å². The Balaban J connectivity index is 1.90. The molecule has 2 N–H and O–H groups in total. The van der Waals surface area contributed by atoms with Crippen molar-refractivity contribution in [1.29, 1.82) is 0 Å². The molecule has 0 aromatic heterocycles. The number of likely N-dealkylation sites (tertiary alicyclic amines) is 1. The molecule has 2 fully saturated rings. The summed E-state index contributed by atoms with van der Waals surface area (Å²) in [5.74, 6) is 0.242. The fraction of sp³-hybridized carbons (Fsp3) is 0.933. The van der Waals surface area contributed by atoms with Gasteiger partial charge in [0.05, 0.1) is 12.6 Å². The molecule has 0 radical (unpaired) electrons. The van der Waals surface area contributed by atoms with Crippen LogP contribution in [0.3, 0.4) is 0 Å². The van der Waals surface area contributed by atoms with E-state index in [1.165, 1.54) is 19.3 Å². The Labute approximate surface area is 116 Å². The summed E-state index contributed by atoms with van der Waals surface area (Å²) in [6, 6.07) is 0.0132. The van der Waals surface area contributed by atoms with E-state index in [1.54, 1.807) is 0 Å². The van der Waals surface area contributed by atoms with Crippen LogP contribution >= 0.6 is 0 Å². The molecule has 1 atom stereocenters. The Hall–Kier alpha value is -0.610. The van der Waals surface area contributed by atoms with E-state index in [-0.39, 0.29) is 24.0 Å². The molecule has 0 spiro atoms. The first-order valence-electron chi connectivity index (χ1n) is 7.84. The van der Waals surface area contributed by atoms with Crippen LogP contribution < -0.4 is 5.32 Å². The van der Waals surface area contributed by atoms with Crippen molar-refractivity contribution in [3.05, 3.63) is 0 Å². The minimum absolute atomic E-state index is 0.0132. The van der Waals surface area contributed by atoms with Gasteiger partial charge in [-0.1, -0.05) is 26.2 Å². The maximum Gasteiger partial charge on any atom is 0.239 e. The van der Waals surface area contributed by atoms with Crippen LogP contribution in [-0.4, -0.2) is 48.2 Å². The van der Waals surface area contributed by atoms with Gasteiger partial charge in [0.1, 0.15) is 0 Å². The van der Waals surface area contributed by atoms with Crippen molar-refractivity contribution in [2.75, 3.05) is 26.2 Å². The van der Waals surface area contributed by atoms with E-state index < -0.39 is 0 Å². The van der Waals surface area contributed by atoms with Gasteiger partial charge in [-0.05, 0) is 32.2 Å². The molecule has 1 amide bonds. The van der Waals surface area contributed by atoms with Gasteiger partial charge in [-0.3, -0.25) is 4.79 Å².